The minimum absolute atomic E-state index is 0.0339. The molecule has 29 heteroatoms. The highest BCUT2D eigenvalue weighted by molar-refractivity contribution is 7.80. The number of benzene rings is 2. The quantitative estimate of drug-likeness (QED) is 0.0431. The predicted molar refractivity (Wildman–Crippen MR) is 354 cm³/mol. The van der Waals surface area contributed by atoms with Crippen LogP contribution in [0.2, 0.25) is 0 Å². The Hall–Kier alpha value is -8.63. The van der Waals surface area contributed by atoms with Gasteiger partial charge in [0.1, 0.15) is 60.4 Å². The van der Waals surface area contributed by atoms with Crippen molar-refractivity contribution < 1.29 is 82.4 Å². The zero-order valence-corrected chi connectivity index (χ0v) is 56.2. The van der Waals surface area contributed by atoms with Crippen molar-refractivity contribution in [1.82, 2.24) is 52.8 Å². The third kappa shape index (κ3) is 24.2. The summed E-state index contributed by atoms with van der Waals surface area (Å²) in [6.07, 6.45) is 6.29. The normalized spacial score (nSPS) is 18.2. The van der Waals surface area contributed by atoms with Gasteiger partial charge in [-0.15, -0.1) is 0 Å². The number of nitrogens with two attached hydrogens (primary N) is 1. The van der Waals surface area contributed by atoms with Crippen LogP contribution in [0.3, 0.4) is 0 Å². The first-order valence-corrected chi connectivity index (χ1v) is 33.9. The molecule has 11 atom stereocenters. The highest BCUT2D eigenvalue weighted by Crippen LogP contribution is 2.32. The van der Waals surface area contributed by atoms with Gasteiger partial charge in [-0.3, -0.25) is 67.1 Å². The van der Waals surface area contributed by atoms with Gasteiger partial charge < -0.3 is 73.8 Å². The summed E-state index contributed by atoms with van der Waals surface area (Å²) in [5, 5.41) is 52.6. The molecule has 0 radical (unpaired) electrons. The van der Waals surface area contributed by atoms with E-state index in [1.165, 1.54) is 4.90 Å². The minimum atomic E-state index is -1.72. The van der Waals surface area contributed by atoms with Crippen LogP contribution in [0.1, 0.15) is 174 Å². The van der Waals surface area contributed by atoms with E-state index in [1.54, 1.807) is 88.4 Å². The summed E-state index contributed by atoms with van der Waals surface area (Å²) in [4.78, 5) is 192. The van der Waals surface area contributed by atoms with Crippen LogP contribution in [0, 0.1) is 23.7 Å². The Balaban J connectivity index is 1.44. The lowest BCUT2D eigenvalue weighted by molar-refractivity contribution is -0.143. The van der Waals surface area contributed by atoms with Crippen LogP contribution >= 0.6 is 12.6 Å². The topological polar surface area (TPSA) is 437 Å². The van der Waals surface area contributed by atoms with Gasteiger partial charge in [-0.1, -0.05) is 159 Å². The van der Waals surface area contributed by atoms with Gasteiger partial charge in [0, 0.05) is 31.6 Å². The lowest BCUT2D eigenvalue weighted by Crippen LogP contribution is -2.62. The summed E-state index contributed by atoms with van der Waals surface area (Å²) in [5.74, 6) is -16.4. The number of thiol groups is 1. The van der Waals surface area contributed by atoms with Crippen LogP contribution in [-0.4, -0.2) is 176 Å². The number of primary amides is 1. The fraction of sp³-hybridized carbons (Fsp3) is 0.612. The summed E-state index contributed by atoms with van der Waals surface area (Å²) >= 11 is 4.48. The number of hydrogen-bond donors (Lipinski definition) is 14. The molecule has 14 N–H and O–H groups in total. The predicted octanol–water partition coefficient (Wildman–Crippen LogP) is 2.06. The second-order valence-electron chi connectivity index (χ2n) is 25.8. The summed E-state index contributed by atoms with van der Waals surface area (Å²) in [7, 11) is 0. The Morgan fingerprint density at radius 3 is 1.40 bits per heavy atom. The monoisotopic (exact) mass is 1360 g/mol. The van der Waals surface area contributed by atoms with Gasteiger partial charge in [-0.05, 0) is 66.9 Å². The minimum Gasteiger partial charge on any atom is -0.481 e. The van der Waals surface area contributed by atoms with Crippen LogP contribution in [0.5, 0.6) is 0 Å². The molecule has 1 aliphatic heterocycles. The maximum Gasteiger partial charge on any atom is 0.305 e. The lowest BCUT2D eigenvalue weighted by atomic mass is 9.83. The number of carboxylic acid groups (broad SMARTS) is 3. The van der Waals surface area contributed by atoms with Gasteiger partial charge in [0.25, 0.3) is 0 Å². The Labute approximate surface area is 564 Å². The number of rotatable bonds is 37. The Kier molecular flexibility index (Phi) is 31.6. The van der Waals surface area contributed by atoms with Crippen LogP contribution in [0.25, 0.3) is 0 Å². The molecule has 0 spiro atoms. The summed E-state index contributed by atoms with van der Waals surface area (Å²) in [6, 6.07) is 2.63. The first-order valence-electron chi connectivity index (χ1n) is 33.3. The van der Waals surface area contributed by atoms with Gasteiger partial charge in [0.2, 0.25) is 65.0 Å². The van der Waals surface area contributed by atoms with E-state index < -0.39 is 187 Å². The fourth-order valence-electron chi connectivity index (χ4n) is 12.8. The second-order valence-corrected chi connectivity index (χ2v) is 26.2. The number of carboxylic acids is 3. The van der Waals surface area contributed by atoms with E-state index >= 15 is 9.59 Å². The highest BCUT2D eigenvalue weighted by atomic mass is 32.1. The Morgan fingerprint density at radius 1 is 0.500 bits per heavy atom. The van der Waals surface area contributed by atoms with Crippen molar-refractivity contribution in [3.8, 4) is 0 Å². The van der Waals surface area contributed by atoms with Gasteiger partial charge >= 0.3 is 17.9 Å². The molecule has 528 valence electrons. The number of amides is 11. The number of carbonyl (C=O) groups is 14. The average Bonchev–Trinajstić information content (AvgIpc) is 0.846. The molecule has 28 nitrogen and oxygen atoms in total. The zero-order chi connectivity index (χ0) is 70.8. The molecular weight excluding hydrogens is 1260 g/mol. The number of likely N-dealkylation sites (tertiary alicyclic amines) is 1. The summed E-state index contributed by atoms with van der Waals surface area (Å²) in [6.45, 7) is 7.80. The van der Waals surface area contributed by atoms with Crippen molar-refractivity contribution in [2.45, 2.75) is 223 Å². The smallest absolute Gasteiger partial charge is 0.305 e. The number of hydrogen-bond acceptors (Lipinski definition) is 15. The Bertz CT molecular complexity index is 2980. The molecule has 5 rings (SSSR count). The van der Waals surface area contributed by atoms with Crippen LogP contribution in [-0.2, 0) is 67.1 Å². The zero-order valence-electron chi connectivity index (χ0n) is 55.3. The Morgan fingerprint density at radius 2 is 0.927 bits per heavy atom. The molecule has 11 amide bonds. The number of nitrogens with one attached hydrogen (secondary N) is 9. The lowest BCUT2D eigenvalue weighted by Gasteiger charge is -2.34. The molecule has 1 heterocycles. The van der Waals surface area contributed by atoms with Crippen molar-refractivity contribution in [2.75, 3.05) is 12.3 Å². The van der Waals surface area contributed by atoms with E-state index in [9.17, 15) is 72.9 Å². The molecule has 2 aromatic rings. The summed E-state index contributed by atoms with van der Waals surface area (Å²) in [5.41, 5.74) is 6.51. The van der Waals surface area contributed by atoms with E-state index in [0.717, 1.165) is 71.1 Å². The molecule has 0 unspecified atom stereocenters. The van der Waals surface area contributed by atoms with E-state index in [-0.39, 0.29) is 49.8 Å². The molecule has 3 fully saturated rings. The number of nitrogens with zero attached hydrogens (tertiary/aromatic N) is 1. The van der Waals surface area contributed by atoms with Gasteiger partial charge in [-0.2, -0.15) is 12.6 Å². The maximum absolute atomic E-state index is 15.4. The third-order valence-corrected chi connectivity index (χ3v) is 18.5. The van der Waals surface area contributed by atoms with Gasteiger partial charge in [-0.25, -0.2) is 0 Å². The van der Waals surface area contributed by atoms with E-state index in [2.05, 4.69) is 60.5 Å². The average molecular weight is 1360 g/mol. The van der Waals surface area contributed by atoms with Crippen LogP contribution < -0.4 is 53.6 Å². The van der Waals surface area contributed by atoms with Crippen molar-refractivity contribution in [3.05, 3.63) is 71.8 Å². The molecule has 2 aromatic carbocycles. The highest BCUT2D eigenvalue weighted by Gasteiger charge is 2.43. The SMILES string of the molecule is CC[C@@H](C)[C@H](NC(=O)[C@@H](NC(=O)[C@H](CCC(=O)O)NC(=O)[C@H](CC(=O)O)NC(C)=O)C(c1ccccc1)c1ccccc1)C(=O)N[C@@H](CC1CCCCC1)C(=O)N[C@@H](CS)C(=O)N1CCC[C@@H]1C(=O)N[C@@H](CC1CCCCC1)C(=O)N[C@@H](CC(=O)O)C(=O)N[C@H](C(N)=O)C(C)C. The molecule has 2 saturated carbocycles. The van der Waals surface area contributed by atoms with Crippen molar-refractivity contribution >= 4 is 95.5 Å². The van der Waals surface area contributed by atoms with E-state index in [0.29, 0.717) is 17.5 Å². The molecule has 1 saturated heterocycles. The molecule has 2 aliphatic carbocycles. The van der Waals surface area contributed by atoms with Crippen molar-refractivity contribution in [2.24, 2.45) is 29.4 Å². The molecule has 3 aliphatic rings. The van der Waals surface area contributed by atoms with Crippen molar-refractivity contribution in [3.63, 3.8) is 0 Å². The maximum atomic E-state index is 15.4. The van der Waals surface area contributed by atoms with Crippen LogP contribution in [0.4, 0.5) is 0 Å². The third-order valence-electron chi connectivity index (χ3n) is 18.1. The van der Waals surface area contributed by atoms with Gasteiger partial charge in [0.05, 0.1) is 12.8 Å². The summed E-state index contributed by atoms with van der Waals surface area (Å²) < 4.78 is 0. The second kappa shape index (κ2) is 38.8. The van der Waals surface area contributed by atoms with Crippen molar-refractivity contribution in [1.29, 1.82) is 0 Å². The first kappa shape index (κ1) is 78.1. The largest absolute Gasteiger partial charge is 0.481 e. The first-order chi connectivity index (χ1) is 45.6. The molecular formula is C67H97N11O17S. The molecule has 96 heavy (non-hydrogen) atoms. The van der Waals surface area contributed by atoms with Gasteiger partial charge in [0.15, 0.2) is 0 Å². The number of aliphatic carboxylic acids is 3. The fourth-order valence-corrected chi connectivity index (χ4v) is 13.0. The van der Waals surface area contributed by atoms with E-state index in [1.807, 2.05) is 0 Å². The molecule has 0 bridgehead atoms. The standard InChI is InChI=1S/C67H97N11O17S/c1-6-38(4)56(76-66(94)57(54(42-24-15-9-16-25-42)43-26-17-10-18-27-43)77-59(87)44(29-30-51(80)81)70-62(90)47(34-52(82)83)69-39(5)79)65(93)73-46(33-41-22-13-8-14-23-41)61(89)74-49(36-96)67(95)78-31-19-28-50(78)64(92)72-45(32-40-20-11-7-12-21-40)60(88)71-48(35-53(84)85)63(91)75-55(37(2)3)58(68)86/h9-10,15-18,24-27,37-38,40-41,44-50,54-57,96H,6-8,11-14,19-23,28-36H2,1-5H3,(H2,68,86)(H,69,79)(H,70,90)(H,71,88)(H,72,92)(H,73,93)(H,74,89)(H,75,91)(H,76,94)(H,77,87)(H,80,81)(H,82,83)(H,84,85)/t38-,44+,45+,46+,47+,48+,49+,50-,55+,56+,57+/m1/s1. The number of carbonyl (C=O) groups excluding carboxylic acids is 11. The van der Waals surface area contributed by atoms with Crippen LogP contribution in [0.15, 0.2) is 60.7 Å². The van der Waals surface area contributed by atoms with E-state index in [4.69, 9.17) is 5.73 Å². The molecule has 0 aromatic heterocycles.